The number of sulfonamides is 1. The minimum absolute atomic E-state index is 0.444. The van der Waals surface area contributed by atoms with Gasteiger partial charge in [-0.25, -0.2) is 17.2 Å². The number of hydrogen-bond donors (Lipinski definition) is 0. The van der Waals surface area contributed by atoms with Crippen molar-refractivity contribution in [3.8, 4) is 0 Å². The van der Waals surface area contributed by atoms with Crippen LogP contribution in [-0.4, -0.2) is 8.42 Å². The number of halogens is 2. The van der Waals surface area contributed by atoms with E-state index in [0.29, 0.717) is 12.1 Å². The topological polar surface area (TPSA) is 82.9 Å². The van der Waals surface area contributed by atoms with E-state index in [1.165, 1.54) is 0 Å². The minimum atomic E-state index is -4.47. The van der Waals surface area contributed by atoms with E-state index in [4.69, 9.17) is 5.53 Å². The van der Waals surface area contributed by atoms with Crippen LogP contribution in [0.3, 0.4) is 0 Å². The van der Waals surface area contributed by atoms with Crippen LogP contribution in [0, 0.1) is 11.6 Å². The summed E-state index contributed by atoms with van der Waals surface area (Å²) >= 11 is 0. The third kappa shape index (κ3) is 1.98. The van der Waals surface area contributed by atoms with Crippen LogP contribution < -0.4 is 0 Å². The lowest BCUT2D eigenvalue weighted by Crippen LogP contribution is -1.99. The van der Waals surface area contributed by atoms with Gasteiger partial charge < -0.3 is 0 Å². The SMILES string of the molecule is [N-]=[N+]=NS(=O)(=O)c1cc(F)ccc1F. The summed E-state index contributed by atoms with van der Waals surface area (Å²) in [7, 11) is -4.47. The smallest absolute Gasteiger partial charge is 0.216 e. The maximum atomic E-state index is 12.9. The Bertz CT molecular complexity index is 508. The Morgan fingerprint density at radius 1 is 1.36 bits per heavy atom. The van der Waals surface area contributed by atoms with Crippen LogP contribution in [0.2, 0.25) is 0 Å². The first-order valence-electron chi connectivity index (χ1n) is 3.24. The first kappa shape index (κ1) is 10.4. The highest BCUT2D eigenvalue weighted by Crippen LogP contribution is 2.17. The van der Waals surface area contributed by atoms with Crippen LogP contribution in [-0.2, 0) is 10.0 Å². The van der Waals surface area contributed by atoms with Crippen molar-refractivity contribution >= 4 is 10.0 Å². The van der Waals surface area contributed by atoms with Gasteiger partial charge in [0.1, 0.15) is 16.5 Å². The molecule has 0 amide bonds. The molecule has 1 aromatic rings. The Hall–Kier alpha value is -1.66. The van der Waals surface area contributed by atoms with Crippen molar-refractivity contribution < 1.29 is 17.2 Å². The summed E-state index contributed by atoms with van der Waals surface area (Å²) in [5.41, 5.74) is 7.89. The number of nitrogens with zero attached hydrogens (tertiary/aromatic N) is 3. The lowest BCUT2D eigenvalue weighted by molar-refractivity contribution is 0.554. The van der Waals surface area contributed by atoms with E-state index in [1.807, 2.05) is 4.91 Å². The molecular weight excluding hydrogens is 216 g/mol. The standard InChI is InChI=1S/C6H3F2N3O2S/c7-4-1-2-5(8)6(3-4)14(12,13)11-10-9/h1-3H. The summed E-state index contributed by atoms with van der Waals surface area (Å²) in [5.74, 6) is -2.10. The van der Waals surface area contributed by atoms with Crippen LogP contribution in [0.5, 0.6) is 0 Å². The Morgan fingerprint density at radius 2 is 2.00 bits per heavy atom. The van der Waals surface area contributed by atoms with Gasteiger partial charge in [-0.2, -0.15) is 0 Å². The largest absolute Gasteiger partial charge is 0.267 e. The molecule has 14 heavy (non-hydrogen) atoms. The second-order valence-electron chi connectivity index (χ2n) is 2.22. The molecule has 0 saturated carbocycles. The highest BCUT2D eigenvalue weighted by atomic mass is 32.2. The molecule has 0 spiro atoms. The first-order chi connectivity index (χ1) is 6.47. The van der Waals surface area contributed by atoms with Gasteiger partial charge >= 0.3 is 0 Å². The van der Waals surface area contributed by atoms with Gasteiger partial charge in [-0.05, 0) is 23.7 Å². The second-order valence-corrected chi connectivity index (χ2v) is 3.77. The van der Waals surface area contributed by atoms with Crippen molar-refractivity contribution in [2.24, 2.45) is 4.52 Å². The third-order valence-corrected chi connectivity index (χ3v) is 2.47. The molecule has 0 aliphatic rings. The molecule has 1 rings (SSSR count). The Kier molecular flexibility index (Phi) is 2.68. The molecule has 8 heteroatoms. The number of rotatable bonds is 2. The zero-order chi connectivity index (χ0) is 10.8. The molecule has 0 aromatic heterocycles. The van der Waals surface area contributed by atoms with Crippen molar-refractivity contribution in [2.45, 2.75) is 4.90 Å². The van der Waals surface area contributed by atoms with Crippen LogP contribution in [0.1, 0.15) is 0 Å². The fourth-order valence-electron chi connectivity index (χ4n) is 0.767. The Labute approximate surface area is 77.7 Å². The second kappa shape index (κ2) is 3.60. The number of benzene rings is 1. The molecule has 0 aliphatic heterocycles. The fourth-order valence-corrected chi connectivity index (χ4v) is 1.53. The zero-order valence-electron chi connectivity index (χ0n) is 6.55. The van der Waals surface area contributed by atoms with Gasteiger partial charge in [0.15, 0.2) is 0 Å². The van der Waals surface area contributed by atoms with Gasteiger partial charge in [-0.3, -0.25) is 0 Å². The zero-order valence-corrected chi connectivity index (χ0v) is 7.37. The minimum Gasteiger partial charge on any atom is -0.216 e. The molecule has 0 unspecified atom stereocenters. The highest BCUT2D eigenvalue weighted by Gasteiger charge is 2.18. The van der Waals surface area contributed by atoms with Crippen molar-refractivity contribution in [2.75, 3.05) is 0 Å². The lowest BCUT2D eigenvalue weighted by Gasteiger charge is -1.98. The average Bonchev–Trinajstić information content (AvgIpc) is 2.09. The Morgan fingerprint density at radius 3 is 2.57 bits per heavy atom. The molecule has 0 aliphatic carbocycles. The molecular formula is C6H3F2N3O2S. The predicted molar refractivity (Wildman–Crippen MR) is 42.7 cm³/mol. The average molecular weight is 219 g/mol. The van der Waals surface area contributed by atoms with Gasteiger partial charge in [-0.1, -0.05) is 0 Å². The van der Waals surface area contributed by atoms with Crippen LogP contribution in [0.25, 0.3) is 10.4 Å². The monoisotopic (exact) mass is 219 g/mol. The van der Waals surface area contributed by atoms with Crippen LogP contribution in [0.15, 0.2) is 27.6 Å². The molecule has 0 bridgehead atoms. The summed E-state index contributed by atoms with van der Waals surface area (Å²) < 4.78 is 49.7. The maximum Gasteiger partial charge on any atom is 0.267 e. The normalized spacial score (nSPS) is 10.7. The van der Waals surface area contributed by atoms with E-state index in [2.05, 4.69) is 4.52 Å². The van der Waals surface area contributed by atoms with E-state index in [0.717, 1.165) is 6.07 Å². The van der Waals surface area contributed by atoms with Crippen LogP contribution >= 0.6 is 0 Å². The molecule has 1 aromatic carbocycles. The van der Waals surface area contributed by atoms with Gasteiger partial charge in [0.05, 0.1) is 0 Å². The molecule has 0 N–H and O–H groups in total. The summed E-state index contributed by atoms with van der Waals surface area (Å²) in [5, 5.41) is 0. The molecule has 5 nitrogen and oxygen atoms in total. The molecule has 74 valence electrons. The predicted octanol–water partition coefficient (Wildman–Crippen LogP) is 1.96. The van der Waals surface area contributed by atoms with Crippen molar-refractivity contribution in [3.63, 3.8) is 0 Å². The molecule has 0 fully saturated rings. The van der Waals surface area contributed by atoms with E-state index in [9.17, 15) is 17.2 Å². The van der Waals surface area contributed by atoms with E-state index in [1.54, 1.807) is 0 Å². The van der Waals surface area contributed by atoms with Crippen molar-refractivity contribution in [1.29, 1.82) is 0 Å². The summed E-state index contributed by atoms with van der Waals surface area (Å²) in [4.78, 5) is 1.03. The molecule has 0 atom stereocenters. The van der Waals surface area contributed by atoms with E-state index in [-0.39, 0.29) is 0 Å². The summed E-state index contributed by atoms with van der Waals surface area (Å²) in [6, 6.07) is 1.83. The maximum absolute atomic E-state index is 12.9. The van der Waals surface area contributed by atoms with Crippen molar-refractivity contribution in [3.05, 3.63) is 40.3 Å². The fraction of sp³-hybridized carbons (Fsp3) is 0. The van der Waals surface area contributed by atoms with Gasteiger partial charge in [0, 0.05) is 9.43 Å². The van der Waals surface area contributed by atoms with Gasteiger partial charge in [-0.15, -0.1) is 0 Å². The summed E-state index contributed by atoms with van der Waals surface area (Å²) in [6.07, 6.45) is 0. The van der Waals surface area contributed by atoms with E-state index >= 15 is 0 Å². The summed E-state index contributed by atoms with van der Waals surface area (Å²) in [6.45, 7) is 0. The quantitative estimate of drug-likeness (QED) is 0.432. The van der Waals surface area contributed by atoms with Gasteiger partial charge in [0.2, 0.25) is 0 Å². The molecule has 0 saturated heterocycles. The Balaban J connectivity index is 3.46. The van der Waals surface area contributed by atoms with Gasteiger partial charge in [0.25, 0.3) is 10.0 Å². The highest BCUT2D eigenvalue weighted by molar-refractivity contribution is 7.90. The lowest BCUT2D eigenvalue weighted by atomic mass is 10.3. The van der Waals surface area contributed by atoms with Crippen LogP contribution in [0.4, 0.5) is 8.78 Å². The first-order valence-corrected chi connectivity index (χ1v) is 4.68. The van der Waals surface area contributed by atoms with E-state index < -0.39 is 26.6 Å². The number of azide groups is 1. The number of hydrogen-bond acceptors (Lipinski definition) is 2. The van der Waals surface area contributed by atoms with Crippen molar-refractivity contribution in [1.82, 2.24) is 0 Å². The molecule has 0 radical (unpaired) electrons. The molecule has 0 heterocycles. The third-order valence-electron chi connectivity index (χ3n) is 1.32.